The number of hydrogen-bond acceptors (Lipinski definition) is 4. The van der Waals surface area contributed by atoms with Crippen molar-refractivity contribution >= 4 is 17.4 Å². The van der Waals surface area contributed by atoms with Crippen molar-refractivity contribution in [3.63, 3.8) is 0 Å². The molecule has 1 fully saturated rings. The lowest BCUT2D eigenvalue weighted by atomic mass is 10.2. The summed E-state index contributed by atoms with van der Waals surface area (Å²) in [5, 5.41) is 11.6. The highest BCUT2D eigenvalue weighted by Gasteiger charge is 2.42. The van der Waals surface area contributed by atoms with E-state index in [2.05, 4.69) is 10.3 Å². The number of anilines is 1. The second-order valence-electron chi connectivity index (χ2n) is 3.88. The van der Waals surface area contributed by atoms with Crippen molar-refractivity contribution < 1.29 is 4.39 Å². The van der Waals surface area contributed by atoms with E-state index in [9.17, 15) is 4.39 Å². The summed E-state index contributed by atoms with van der Waals surface area (Å²) in [5.74, 6) is -0.521. The van der Waals surface area contributed by atoms with Crippen LogP contribution in [-0.4, -0.2) is 17.1 Å². The van der Waals surface area contributed by atoms with E-state index < -0.39 is 5.82 Å². The Morgan fingerprint density at radius 2 is 2.38 bits per heavy atom. The Hall–Kier alpha value is -1.38. The van der Waals surface area contributed by atoms with Crippen LogP contribution in [-0.2, 0) is 0 Å². The molecule has 1 aromatic heterocycles. The smallest absolute Gasteiger partial charge is 0.166 e. The summed E-state index contributed by atoms with van der Waals surface area (Å²) in [4.78, 5) is 3.82. The maximum atomic E-state index is 13.5. The van der Waals surface area contributed by atoms with Crippen LogP contribution in [0, 0.1) is 17.1 Å². The molecule has 6 heteroatoms. The lowest BCUT2D eigenvalue weighted by Crippen LogP contribution is -2.31. The van der Waals surface area contributed by atoms with Gasteiger partial charge in [0.2, 0.25) is 0 Å². The first-order chi connectivity index (χ1) is 7.60. The summed E-state index contributed by atoms with van der Waals surface area (Å²) in [6.45, 7) is 0.422. The van der Waals surface area contributed by atoms with Gasteiger partial charge in [0.05, 0.1) is 11.1 Å². The molecule has 0 spiro atoms. The summed E-state index contributed by atoms with van der Waals surface area (Å²) >= 11 is 5.72. The second kappa shape index (κ2) is 3.89. The summed E-state index contributed by atoms with van der Waals surface area (Å²) in [6.07, 6.45) is 1.78. The number of halogens is 2. The molecule has 0 amide bonds. The normalized spacial score (nSPS) is 16.6. The number of rotatable bonds is 3. The number of nitrogens with one attached hydrogen (secondary N) is 1. The number of nitriles is 1. The predicted octanol–water partition coefficient (Wildman–Crippen LogP) is 1.65. The number of pyridine rings is 1. The van der Waals surface area contributed by atoms with Gasteiger partial charge in [-0.3, -0.25) is 0 Å². The highest BCUT2D eigenvalue weighted by Crippen LogP contribution is 2.38. The zero-order valence-corrected chi connectivity index (χ0v) is 9.18. The molecule has 4 nitrogen and oxygen atoms in total. The van der Waals surface area contributed by atoms with E-state index >= 15 is 0 Å². The number of nitrogens with two attached hydrogens (primary N) is 1. The van der Waals surface area contributed by atoms with Crippen LogP contribution in [0.15, 0.2) is 6.07 Å². The average molecular weight is 241 g/mol. The molecule has 0 aromatic carbocycles. The minimum atomic E-state index is -0.583. The number of hydrogen-bond donors (Lipinski definition) is 2. The van der Waals surface area contributed by atoms with Gasteiger partial charge in [-0.1, -0.05) is 11.6 Å². The quantitative estimate of drug-likeness (QED) is 0.788. The largest absolute Gasteiger partial charge is 0.361 e. The number of aromatic nitrogens is 1. The fourth-order valence-corrected chi connectivity index (χ4v) is 1.60. The Balaban J connectivity index is 2.29. The molecule has 0 unspecified atom stereocenters. The molecule has 0 aliphatic heterocycles. The third kappa shape index (κ3) is 1.94. The van der Waals surface area contributed by atoms with E-state index in [-0.39, 0.29) is 22.1 Å². The second-order valence-corrected chi connectivity index (χ2v) is 4.24. The first-order valence-electron chi connectivity index (χ1n) is 4.85. The van der Waals surface area contributed by atoms with Crippen molar-refractivity contribution in [1.29, 1.82) is 5.26 Å². The molecule has 0 radical (unpaired) electrons. The molecular formula is C10H10ClFN4. The average Bonchev–Trinajstić information content (AvgIpc) is 3.03. The van der Waals surface area contributed by atoms with Crippen LogP contribution in [0.1, 0.15) is 18.4 Å². The van der Waals surface area contributed by atoms with E-state index in [0.29, 0.717) is 6.54 Å². The van der Waals surface area contributed by atoms with Gasteiger partial charge in [-0.05, 0) is 18.9 Å². The first kappa shape index (κ1) is 11.1. The molecule has 0 saturated heterocycles. The molecule has 2 rings (SSSR count). The maximum Gasteiger partial charge on any atom is 0.166 e. The molecule has 84 valence electrons. The Bertz CT molecular complexity index is 465. The summed E-state index contributed by atoms with van der Waals surface area (Å²) in [5.41, 5.74) is 5.35. The number of nitrogens with zero attached hydrogens (tertiary/aromatic N) is 2. The molecular weight excluding hydrogens is 231 g/mol. The van der Waals surface area contributed by atoms with E-state index in [1.165, 1.54) is 0 Å². The zero-order chi connectivity index (χ0) is 11.8. The lowest BCUT2D eigenvalue weighted by Gasteiger charge is -2.16. The molecule has 1 heterocycles. The van der Waals surface area contributed by atoms with Crippen LogP contribution in [0.4, 0.5) is 10.2 Å². The van der Waals surface area contributed by atoms with Gasteiger partial charge in [-0.2, -0.15) is 5.26 Å². The van der Waals surface area contributed by atoms with Gasteiger partial charge >= 0.3 is 0 Å². The fraction of sp³-hybridized carbons (Fsp3) is 0.400. The van der Waals surface area contributed by atoms with E-state index in [0.717, 1.165) is 18.9 Å². The molecule has 3 N–H and O–H groups in total. The molecule has 1 saturated carbocycles. The van der Waals surface area contributed by atoms with E-state index in [1.54, 1.807) is 6.07 Å². The third-order valence-corrected chi connectivity index (χ3v) is 2.97. The van der Waals surface area contributed by atoms with Crippen LogP contribution in [0.5, 0.6) is 0 Å². The highest BCUT2D eigenvalue weighted by molar-refractivity contribution is 6.30. The van der Waals surface area contributed by atoms with Gasteiger partial charge in [0.1, 0.15) is 11.2 Å². The fourth-order valence-electron chi connectivity index (χ4n) is 1.41. The van der Waals surface area contributed by atoms with Gasteiger partial charge in [0.25, 0.3) is 0 Å². The van der Waals surface area contributed by atoms with Gasteiger partial charge < -0.3 is 11.1 Å². The summed E-state index contributed by atoms with van der Waals surface area (Å²) in [6, 6.07) is 2.84. The van der Waals surface area contributed by atoms with Crippen molar-refractivity contribution in [2.24, 2.45) is 5.73 Å². The molecule has 1 aliphatic carbocycles. The third-order valence-electron chi connectivity index (χ3n) is 2.68. The minimum absolute atomic E-state index is 0.000721. The monoisotopic (exact) mass is 240 g/mol. The standard InChI is InChI=1S/C10H10ClFN4/c11-8-6(4-13)3-7(12)9(15-8)16-10(5-14)1-2-10/h3H,1-2,5,14H2,(H,15,16). The van der Waals surface area contributed by atoms with Crippen LogP contribution in [0.3, 0.4) is 0 Å². The van der Waals surface area contributed by atoms with Crippen molar-refractivity contribution in [3.05, 3.63) is 22.6 Å². The van der Waals surface area contributed by atoms with E-state index in [1.807, 2.05) is 0 Å². The van der Waals surface area contributed by atoms with Crippen LogP contribution < -0.4 is 11.1 Å². The lowest BCUT2D eigenvalue weighted by molar-refractivity contribution is 0.615. The minimum Gasteiger partial charge on any atom is -0.361 e. The van der Waals surface area contributed by atoms with Gasteiger partial charge in [-0.15, -0.1) is 0 Å². The van der Waals surface area contributed by atoms with Crippen molar-refractivity contribution in [1.82, 2.24) is 4.98 Å². The first-order valence-corrected chi connectivity index (χ1v) is 5.22. The molecule has 1 aliphatic rings. The van der Waals surface area contributed by atoms with Crippen molar-refractivity contribution in [3.8, 4) is 6.07 Å². The van der Waals surface area contributed by atoms with Crippen LogP contribution in [0.2, 0.25) is 5.15 Å². The summed E-state index contributed by atoms with van der Waals surface area (Å²) in [7, 11) is 0. The van der Waals surface area contributed by atoms with Gasteiger partial charge in [0, 0.05) is 6.54 Å². The van der Waals surface area contributed by atoms with Crippen molar-refractivity contribution in [2.75, 3.05) is 11.9 Å². The summed E-state index contributed by atoms with van der Waals surface area (Å²) < 4.78 is 13.5. The molecule has 16 heavy (non-hydrogen) atoms. The topological polar surface area (TPSA) is 74.7 Å². The van der Waals surface area contributed by atoms with Crippen LogP contribution >= 0.6 is 11.6 Å². The van der Waals surface area contributed by atoms with Gasteiger partial charge in [-0.25, -0.2) is 9.37 Å². The Labute approximate surface area is 97.2 Å². The SMILES string of the molecule is N#Cc1cc(F)c(NC2(CN)CC2)nc1Cl. The van der Waals surface area contributed by atoms with Crippen molar-refractivity contribution in [2.45, 2.75) is 18.4 Å². The van der Waals surface area contributed by atoms with Crippen LogP contribution in [0.25, 0.3) is 0 Å². The zero-order valence-electron chi connectivity index (χ0n) is 8.43. The molecule has 0 atom stereocenters. The predicted molar refractivity (Wildman–Crippen MR) is 58.6 cm³/mol. The molecule has 1 aromatic rings. The highest BCUT2D eigenvalue weighted by atomic mass is 35.5. The van der Waals surface area contributed by atoms with Gasteiger partial charge in [0.15, 0.2) is 11.6 Å². The Morgan fingerprint density at radius 1 is 1.69 bits per heavy atom. The Morgan fingerprint density at radius 3 is 2.88 bits per heavy atom. The molecule has 0 bridgehead atoms. The maximum absolute atomic E-state index is 13.5. The Kier molecular flexibility index (Phi) is 2.70. The van der Waals surface area contributed by atoms with E-state index in [4.69, 9.17) is 22.6 Å².